The van der Waals surface area contributed by atoms with Gasteiger partial charge in [-0.25, -0.2) is 4.98 Å². The number of rotatable bonds is 4. The first-order valence-corrected chi connectivity index (χ1v) is 4.54. The first-order chi connectivity index (χ1) is 6.25. The van der Waals surface area contributed by atoms with E-state index in [0.29, 0.717) is 12.6 Å². The lowest BCUT2D eigenvalue weighted by Crippen LogP contribution is -2.33. The van der Waals surface area contributed by atoms with Crippen LogP contribution < -0.4 is 4.90 Å². The SMILES string of the molecule is CC(C)N(CCO)c1ccccn1. The molecule has 0 unspecified atom stereocenters. The third kappa shape index (κ3) is 2.70. The first kappa shape index (κ1) is 9.99. The normalized spacial score (nSPS) is 10.5. The lowest BCUT2D eigenvalue weighted by molar-refractivity contribution is 0.298. The molecule has 3 nitrogen and oxygen atoms in total. The first-order valence-electron chi connectivity index (χ1n) is 4.54. The van der Waals surface area contributed by atoms with Crippen molar-refractivity contribution < 1.29 is 5.11 Å². The summed E-state index contributed by atoms with van der Waals surface area (Å²) >= 11 is 0. The van der Waals surface area contributed by atoms with E-state index < -0.39 is 0 Å². The topological polar surface area (TPSA) is 36.4 Å². The molecule has 0 aromatic carbocycles. The van der Waals surface area contributed by atoms with Gasteiger partial charge in [-0.15, -0.1) is 0 Å². The zero-order chi connectivity index (χ0) is 9.68. The number of hydrogen-bond donors (Lipinski definition) is 1. The predicted octanol–water partition coefficient (Wildman–Crippen LogP) is 1.29. The molecule has 1 aromatic heterocycles. The molecule has 1 aromatic rings. The van der Waals surface area contributed by atoms with Crippen molar-refractivity contribution in [2.45, 2.75) is 19.9 Å². The van der Waals surface area contributed by atoms with Gasteiger partial charge in [0.1, 0.15) is 5.82 Å². The highest BCUT2D eigenvalue weighted by molar-refractivity contribution is 5.38. The van der Waals surface area contributed by atoms with Crippen LogP contribution in [0.25, 0.3) is 0 Å². The fourth-order valence-corrected chi connectivity index (χ4v) is 1.27. The molecule has 3 heteroatoms. The van der Waals surface area contributed by atoms with Gasteiger partial charge in [0.05, 0.1) is 6.61 Å². The fraction of sp³-hybridized carbons (Fsp3) is 0.500. The van der Waals surface area contributed by atoms with E-state index in [9.17, 15) is 0 Å². The standard InChI is InChI=1S/C10H16N2O/c1-9(2)12(7-8-13)10-5-3-4-6-11-10/h3-6,9,13H,7-8H2,1-2H3. The Bertz CT molecular complexity index is 236. The molecule has 72 valence electrons. The van der Waals surface area contributed by atoms with Crippen molar-refractivity contribution in [3.05, 3.63) is 24.4 Å². The lowest BCUT2D eigenvalue weighted by atomic mass is 10.3. The Kier molecular flexibility index (Phi) is 3.71. The number of anilines is 1. The van der Waals surface area contributed by atoms with Crippen LogP contribution in [0.1, 0.15) is 13.8 Å². The molecule has 13 heavy (non-hydrogen) atoms. The maximum absolute atomic E-state index is 8.88. The molecule has 0 spiro atoms. The minimum atomic E-state index is 0.161. The number of hydrogen-bond acceptors (Lipinski definition) is 3. The van der Waals surface area contributed by atoms with Crippen LogP contribution >= 0.6 is 0 Å². The maximum atomic E-state index is 8.88. The van der Waals surface area contributed by atoms with Crippen molar-refractivity contribution in [1.82, 2.24) is 4.98 Å². The summed E-state index contributed by atoms with van der Waals surface area (Å²) < 4.78 is 0. The second kappa shape index (κ2) is 4.82. The van der Waals surface area contributed by atoms with Gasteiger partial charge in [0.15, 0.2) is 0 Å². The van der Waals surface area contributed by atoms with Gasteiger partial charge in [0.25, 0.3) is 0 Å². The summed E-state index contributed by atoms with van der Waals surface area (Å²) in [6.45, 7) is 4.97. The van der Waals surface area contributed by atoms with Crippen molar-refractivity contribution in [3.8, 4) is 0 Å². The molecular formula is C10H16N2O. The van der Waals surface area contributed by atoms with Gasteiger partial charge in [-0.3, -0.25) is 0 Å². The molecule has 1 N–H and O–H groups in total. The molecule has 0 saturated carbocycles. The van der Waals surface area contributed by atoms with Crippen LogP contribution in [-0.2, 0) is 0 Å². The fourth-order valence-electron chi connectivity index (χ4n) is 1.27. The van der Waals surface area contributed by atoms with E-state index >= 15 is 0 Å². The van der Waals surface area contributed by atoms with E-state index in [-0.39, 0.29) is 6.61 Å². The van der Waals surface area contributed by atoms with E-state index in [2.05, 4.69) is 23.7 Å². The Morgan fingerprint density at radius 2 is 2.23 bits per heavy atom. The molecule has 0 aliphatic rings. The molecule has 0 saturated heterocycles. The minimum Gasteiger partial charge on any atom is -0.395 e. The highest BCUT2D eigenvalue weighted by Gasteiger charge is 2.09. The summed E-state index contributed by atoms with van der Waals surface area (Å²) in [7, 11) is 0. The highest BCUT2D eigenvalue weighted by Crippen LogP contribution is 2.11. The number of aliphatic hydroxyl groups excluding tert-OH is 1. The van der Waals surface area contributed by atoms with Gasteiger partial charge >= 0.3 is 0 Å². The van der Waals surface area contributed by atoms with E-state index in [1.165, 1.54) is 0 Å². The van der Waals surface area contributed by atoms with Gasteiger partial charge in [-0.1, -0.05) is 6.07 Å². The second-order valence-corrected chi connectivity index (χ2v) is 3.20. The summed E-state index contributed by atoms with van der Waals surface area (Å²) in [5.41, 5.74) is 0. The molecule has 1 heterocycles. The van der Waals surface area contributed by atoms with Crippen molar-refractivity contribution in [3.63, 3.8) is 0 Å². The van der Waals surface area contributed by atoms with E-state index in [1.54, 1.807) is 6.20 Å². The minimum absolute atomic E-state index is 0.161. The molecular weight excluding hydrogens is 164 g/mol. The number of aliphatic hydroxyl groups is 1. The quantitative estimate of drug-likeness (QED) is 0.758. The van der Waals surface area contributed by atoms with Crippen LogP contribution in [-0.4, -0.2) is 29.3 Å². The summed E-state index contributed by atoms with van der Waals surface area (Å²) in [6, 6.07) is 6.16. The van der Waals surface area contributed by atoms with Crippen LogP contribution in [0.4, 0.5) is 5.82 Å². The third-order valence-electron chi connectivity index (χ3n) is 1.91. The summed E-state index contributed by atoms with van der Waals surface area (Å²) in [4.78, 5) is 6.30. The molecule has 1 rings (SSSR count). The van der Waals surface area contributed by atoms with Crippen LogP contribution in [0.15, 0.2) is 24.4 Å². The number of aromatic nitrogens is 1. The van der Waals surface area contributed by atoms with Crippen molar-refractivity contribution in [1.29, 1.82) is 0 Å². The summed E-state index contributed by atoms with van der Waals surface area (Å²) in [5, 5.41) is 8.88. The molecule has 0 bridgehead atoms. The molecule has 0 aliphatic carbocycles. The van der Waals surface area contributed by atoms with Crippen molar-refractivity contribution in [2.75, 3.05) is 18.1 Å². The van der Waals surface area contributed by atoms with E-state index in [4.69, 9.17) is 5.11 Å². The maximum Gasteiger partial charge on any atom is 0.128 e. The van der Waals surface area contributed by atoms with Crippen molar-refractivity contribution >= 4 is 5.82 Å². The molecule has 0 radical (unpaired) electrons. The van der Waals surface area contributed by atoms with E-state index in [0.717, 1.165) is 5.82 Å². The Morgan fingerprint density at radius 3 is 2.69 bits per heavy atom. The molecule has 0 atom stereocenters. The Balaban J connectivity index is 2.76. The number of pyridine rings is 1. The Morgan fingerprint density at radius 1 is 1.46 bits per heavy atom. The van der Waals surface area contributed by atoms with Crippen LogP contribution in [0.3, 0.4) is 0 Å². The number of nitrogens with zero attached hydrogens (tertiary/aromatic N) is 2. The smallest absolute Gasteiger partial charge is 0.128 e. The Hall–Kier alpha value is -1.09. The molecule has 0 fully saturated rings. The zero-order valence-corrected chi connectivity index (χ0v) is 8.14. The largest absolute Gasteiger partial charge is 0.395 e. The second-order valence-electron chi connectivity index (χ2n) is 3.20. The average molecular weight is 180 g/mol. The van der Waals surface area contributed by atoms with E-state index in [1.807, 2.05) is 18.2 Å². The summed E-state index contributed by atoms with van der Waals surface area (Å²) in [5.74, 6) is 0.923. The highest BCUT2D eigenvalue weighted by atomic mass is 16.3. The lowest BCUT2D eigenvalue weighted by Gasteiger charge is -2.26. The van der Waals surface area contributed by atoms with Crippen LogP contribution in [0, 0.1) is 0 Å². The predicted molar refractivity (Wildman–Crippen MR) is 53.8 cm³/mol. The zero-order valence-electron chi connectivity index (χ0n) is 8.14. The molecule has 0 aliphatic heterocycles. The molecule has 0 amide bonds. The van der Waals surface area contributed by atoms with Gasteiger partial charge in [0.2, 0.25) is 0 Å². The monoisotopic (exact) mass is 180 g/mol. The van der Waals surface area contributed by atoms with Gasteiger partial charge in [0, 0.05) is 18.8 Å². The van der Waals surface area contributed by atoms with Crippen molar-refractivity contribution in [2.24, 2.45) is 0 Å². The van der Waals surface area contributed by atoms with Gasteiger partial charge in [-0.2, -0.15) is 0 Å². The Labute approximate surface area is 79.0 Å². The van der Waals surface area contributed by atoms with Gasteiger partial charge < -0.3 is 10.0 Å². The third-order valence-corrected chi connectivity index (χ3v) is 1.91. The summed E-state index contributed by atoms with van der Waals surface area (Å²) in [6.07, 6.45) is 1.77. The van der Waals surface area contributed by atoms with Crippen LogP contribution in [0.2, 0.25) is 0 Å². The van der Waals surface area contributed by atoms with Gasteiger partial charge in [-0.05, 0) is 26.0 Å². The average Bonchev–Trinajstić information content (AvgIpc) is 2.15. The van der Waals surface area contributed by atoms with Crippen LogP contribution in [0.5, 0.6) is 0 Å².